The maximum atomic E-state index is 12.2. The van der Waals surface area contributed by atoms with Crippen molar-refractivity contribution >= 4 is 39.9 Å². The number of ether oxygens (including phenoxy) is 2. The summed E-state index contributed by atoms with van der Waals surface area (Å²) >= 11 is 5.68. The zero-order chi connectivity index (χ0) is 22.2. The van der Waals surface area contributed by atoms with Crippen molar-refractivity contribution in [3.8, 4) is 0 Å². The van der Waals surface area contributed by atoms with Gasteiger partial charge in [-0.3, -0.25) is 4.79 Å². The molecule has 2 aromatic carbocycles. The molecule has 0 aliphatic carbocycles. The number of carbonyl (C=O) groups excluding carboxylic acids is 1. The number of benzene rings is 2. The summed E-state index contributed by atoms with van der Waals surface area (Å²) in [4.78, 5) is 29.1. The van der Waals surface area contributed by atoms with Crippen molar-refractivity contribution in [2.24, 2.45) is 0 Å². The van der Waals surface area contributed by atoms with Crippen molar-refractivity contribution in [1.82, 2.24) is 9.88 Å². The van der Waals surface area contributed by atoms with Crippen LogP contribution in [0.4, 0.5) is 5.69 Å². The summed E-state index contributed by atoms with van der Waals surface area (Å²) in [5, 5.41) is 4.56. The Morgan fingerprint density at radius 2 is 1.87 bits per heavy atom. The molecule has 0 aliphatic heterocycles. The van der Waals surface area contributed by atoms with Gasteiger partial charge in [0, 0.05) is 43.8 Å². The number of nitrogens with one attached hydrogen (secondary N) is 2. The highest BCUT2D eigenvalue weighted by Crippen LogP contribution is 2.20. The average Bonchev–Trinajstić information content (AvgIpc) is 2.78. The fourth-order valence-electron chi connectivity index (χ4n) is 3.34. The molecule has 0 aliphatic rings. The number of thiocarbonyl (C=S) groups is 1. The van der Waals surface area contributed by atoms with E-state index in [-0.39, 0.29) is 5.56 Å². The minimum Gasteiger partial charge on any atom is -0.465 e. The Balaban J connectivity index is 1.89. The molecule has 3 aromatic rings. The van der Waals surface area contributed by atoms with Gasteiger partial charge in [-0.1, -0.05) is 30.3 Å². The number of carbonyl (C=O) groups is 1. The van der Waals surface area contributed by atoms with Gasteiger partial charge in [-0.05, 0) is 42.4 Å². The summed E-state index contributed by atoms with van der Waals surface area (Å²) in [6.45, 7) is 1.62. The maximum absolute atomic E-state index is 12.2. The van der Waals surface area contributed by atoms with Crippen LogP contribution in [0, 0.1) is 0 Å². The van der Waals surface area contributed by atoms with Gasteiger partial charge in [0.1, 0.15) is 0 Å². The van der Waals surface area contributed by atoms with E-state index in [9.17, 15) is 9.59 Å². The van der Waals surface area contributed by atoms with E-state index in [0.29, 0.717) is 36.1 Å². The maximum Gasteiger partial charge on any atom is 0.339 e. The van der Waals surface area contributed by atoms with E-state index in [1.807, 2.05) is 35.2 Å². The van der Waals surface area contributed by atoms with Crippen LogP contribution in [0.5, 0.6) is 0 Å². The number of anilines is 1. The summed E-state index contributed by atoms with van der Waals surface area (Å²) < 4.78 is 10.1. The molecule has 0 atom stereocenters. The third-order valence-electron chi connectivity index (χ3n) is 4.84. The van der Waals surface area contributed by atoms with Gasteiger partial charge >= 0.3 is 5.97 Å². The van der Waals surface area contributed by atoms with Crippen LogP contribution in [0.2, 0.25) is 0 Å². The van der Waals surface area contributed by atoms with Gasteiger partial charge in [0.2, 0.25) is 5.56 Å². The molecule has 1 aromatic heterocycles. The minimum absolute atomic E-state index is 0.166. The van der Waals surface area contributed by atoms with Gasteiger partial charge in [0.25, 0.3) is 0 Å². The van der Waals surface area contributed by atoms with Gasteiger partial charge in [0.15, 0.2) is 5.11 Å². The van der Waals surface area contributed by atoms with E-state index >= 15 is 0 Å². The molecule has 2 N–H and O–H groups in total. The summed E-state index contributed by atoms with van der Waals surface area (Å²) in [6.07, 6.45) is 0.748. The molecule has 0 fully saturated rings. The van der Waals surface area contributed by atoms with E-state index in [1.165, 1.54) is 7.11 Å². The van der Waals surface area contributed by atoms with Crippen LogP contribution in [0.15, 0.2) is 59.4 Å². The number of methoxy groups -OCH3 is 2. The van der Waals surface area contributed by atoms with E-state index in [1.54, 1.807) is 31.4 Å². The summed E-state index contributed by atoms with van der Waals surface area (Å²) in [5.41, 5.74) is 2.43. The van der Waals surface area contributed by atoms with E-state index < -0.39 is 5.97 Å². The monoisotopic (exact) mass is 439 g/mol. The largest absolute Gasteiger partial charge is 0.465 e. The molecule has 31 heavy (non-hydrogen) atoms. The lowest BCUT2D eigenvalue weighted by molar-refractivity contribution is 0.0602. The van der Waals surface area contributed by atoms with Crippen molar-refractivity contribution in [3.05, 3.63) is 76.1 Å². The third-order valence-corrected chi connectivity index (χ3v) is 5.20. The summed E-state index contributed by atoms with van der Waals surface area (Å²) in [7, 11) is 2.99. The molecular formula is C23H25N3O4S. The van der Waals surface area contributed by atoms with E-state index in [0.717, 1.165) is 22.9 Å². The van der Waals surface area contributed by atoms with Gasteiger partial charge < -0.3 is 24.7 Å². The van der Waals surface area contributed by atoms with Crippen LogP contribution in [-0.4, -0.2) is 48.3 Å². The second-order valence-electron chi connectivity index (χ2n) is 6.94. The molecule has 0 amide bonds. The molecular weight excluding hydrogens is 414 g/mol. The Labute approximate surface area is 186 Å². The molecule has 0 saturated heterocycles. The number of nitrogens with zero attached hydrogens (tertiary/aromatic N) is 1. The van der Waals surface area contributed by atoms with Gasteiger partial charge in [-0.15, -0.1) is 0 Å². The molecule has 1 heterocycles. The predicted octanol–water partition coefficient (Wildman–Crippen LogP) is 3.55. The van der Waals surface area contributed by atoms with Crippen LogP contribution in [0.3, 0.4) is 0 Å². The van der Waals surface area contributed by atoms with E-state index in [4.69, 9.17) is 21.7 Å². The van der Waals surface area contributed by atoms with Crippen molar-refractivity contribution in [2.45, 2.75) is 13.0 Å². The number of esters is 1. The van der Waals surface area contributed by atoms with Crippen LogP contribution in [-0.2, 0) is 16.0 Å². The van der Waals surface area contributed by atoms with Gasteiger partial charge in [-0.2, -0.15) is 0 Å². The number of fused-ring (bicyclic) bond motifs is 1. The molecule has 162 valence electrons. The Bertz CT molecular complexity index is 1130. The normalized spacial score (nSPS) is 10.6. The number of aromatic nitrogens is 1. The number of para-hydroxylation sites is 2. The summed E-state index contributed by atoms with van der Waals surface area (Å²) in [5.74, 6) is -0.447. The van der Waals surface area contributed by atoms with Crippen LogP contribution < -0.4 is 10.9 Å². The first-order valence-electron chi connectivity index (χ1n) is 9.86. The minimum atomic E-state index is -0.447. The third kappa shape index (κ3) is 5.68. The lowest BCUT2D eigenvalue weighted by Gasteiger charge is -2.27. The molecule has 0 saturated carbocycles. The molecule has 0 radical (unpaired) electrons. The van der Waals surface area contributed by atoms with Crippen molar-refractivity contribution in [2.75, 3.05) is 32.7 Å². The zero-order valence-corrected chi connectivity index (χ0v) is 18.3. The second kappa shape index (κ2) is 10.7. The topological polar surface area (TPSA) is 83.7 Å². The Morgan fingerprint density at radius 1 is 1.13 bits per heavy atom. The number of hydrogen-bond donors (Lipinski definition) is 2. The van der Waals surface area contributed by atoms with Crippen molar-refractivity contribution < 1.29 is 14.3 Å². The van der Waals surface area contributed by atoms with Crippen molar-refractivity contribution in [3.63, 3.8) is 0 Å². The predicted molar refractivity (Wildman–Crippen MR) is 125 cm³/mol. The smallest absolute Gasteiger partial charge is 0.339 e. The highest BCUT2D eigenvalue weighted by molar-refractivity contribution is 7.80. The molecule has 7 nitrogen and oxygen atoms in total. The Hall–Kier alpha value is -3.23. The van der Waals surface area contributed by atoms with Crippen LogP contribution in [0.25, 0.3) is 10.9 Å². The standard InChI is InChI=1S/C23H25N3O4S/c1-29-13-7-12-26(15-16-14-21(27)24-19-10-5-3-8-17(16)19)23(31)25-20-11-6-4-9-18(20)22(28)30-2/h3-6,8-11,14H,7,12-13,15H2,1-2H3,(H,24,27)(H,25,31). The zero-order valence-electron chi connectivity index (χ0n) is 17.5. The average molecular weight is 440 g/mol. The number of aromatic amines is 1. The molecule has 8 heteroatoms. The number of pyridine rings is 1. The first kappa shape index (κ1) is 22.5. The number of rotatable bonds is 8. The lowest BCUT2D eigenvalue weighted by Crippen LogP contribution is -2.36. The van der Waals surface area contributed by atoms with Gasteiger partial charge in [-0.25, -0.2) is 4.79 Å². The summed E-state index contributed by atoms with van der Waals surface area (Å²) in [6, 6.07) is 16.3. The highest BCUT2D eigenvalue weighted by atomic mass is 32.1. The fourth-order valence-corrected chi connectivity index (χ4v) is 3.61. The fraction of sp³-hybridized carbons (Fsp3) is 0.261. The number of hydrogen-bond acceptors (Lipinski definition) is 5. The lowest BCUT2D eigenvalue weighted by atomic mass is 10.1. The van der Waals surface area contributed by atoms with Gasteiger partial charge in [0.05, 0.1) is 18.4 Å². The SMILES string of the molecule is COCCCN(Cc1cc(=O)[nH]c2ccccc12)C(=S)Nc1ccccc1C(=O)OC. The molecule has 0 unspecified atom stereocenters. The Morgan fingerprint density at radius 3 is 2.65 bits per heavy atom. The highest BCUT2D eigenvalue weighted by Gasteiger charge is 2.17. The van der Waals surface area contributed by atoms with Crippen LogP contribution in [0.1, 0.15) is 22.3 Å². The first-order chi connectivity index (χ1) is 15.0. The van der Waals surface area contributed by atoms with Crippen LogP contribution >= 0.6 is 12.2 Å². The Kier molecular flexibility index (Phi) is 7.75. The number of H-pyrrole nitrogens is 1. The molecule has 0 bridgehead atoms. The quantitative estimate of drug-likeness (QED) is 0.315. The molecule has 3 rings (SSSR count). The molecule has 0 spiro atoms. The second-order valence-corrected chi connectivity index (χ2v) is 7.33. The van der Waals surface area contributed by atoms with Crippen molar-refractivity contribution in [1.29, 1.82) is 0 Å². The van der Waals surface area contributed by atoms with E-state index in [2.05, 4.69) is 10.3 Å². The first-order valence-corrected chi connectivity index (χ1v) is 10.3.